The summed E-state index contributed by atoms with van der Waals surface area (Å²) in [6, 6.07) is 0. The lowest BCUT2D eigenvalue weighted by molar-refractivity contribution is 0.0486. The van der Waals surface area contributed by atoms with Gasteiger partial charge in [-0.3, -0.25) is 4.84 Å². The number of rotatable bonds is 2. The molecule has 0 heterocycles. The Kier molecular flexibility index (Phi) is 2.98. The van der Waals surface area contributed by atoms with E-state index < -0.39 is 12.8 Å². The second-order valence-electron chi connectivity index (χ2n) is 1.10. The van der Waals surface area contributed by atoms with Crippen molar-refractivity contribution in [3.63, 3.8) is 0 Å². The quantitative estimate of drug-likeness (QED) is 0.496. The maximum absolute atomic E-state index is 11.2. The molecular formula is C3H8FNO. The third-order valence-electron chi connectivity index (χ3n) is 0.450. The van der Waals surface area contributed by atoms with Gasteiger partial charge in [0.15, 0.2) is 0 Å². The molecule has 2 nitrogen and oxygen atoms in total. The number of halogens is 1. The Morgan fingerprint density at radius 1 is 2.00 bits per heavy atom. The van der Waals surface area contributed by atoms with Crippen LogP contribution in [0.1, 0.15) is 6.92 Å². The van der Waals surface area contributed by atoms with Gasteiger partial charge in [0.2, 0.25) is 0 Å². The molecule has 0 radical (unpaired) electrons. The summed E-state index contributed by atoms with van der Waals surface area (Å²) in [5, 5.41) is 0. The molecule has 38 valence electrons. The van der Waals surface area contributed by atoms with Crippen molar-refractivity contribution in [2.75, 3.05) is 6.67 Å². The minimum atomic E-state index is -0.517. The monoisotopic (exact) mass is 93.1 g/mol. The smallest absolute Gasteiger partial charge is 0.117 e. The molecule has 2 N–H and O–H groups in total. The van der Waals surface area contributed by atoms with Crippen molar-refractivity contribution in [1.29, 1.82) is 0 Å². The van der Waals surface area contributed by atoms with Gasteiger partial charge < -0.3 is 0 Å². The van der Waals surface area contributed by atoms with Gasteiger partial charge in [0.25, 0.3) is 0 Å². The SMILES string of the molecule is CC(CF)ON. The van der Waals surface area contributed by atoms with Crippen molar-refractivity contribution < 1.29 is 9.23 Å². The molecule has 3 heteroatoms. The highest BCUT2D eigenvalue weighted by molar-refractivity contribution is 4.38. The summed E-state index contributed by atoms with van der Waals surface area (Å²) in [5.41, 5.74) is 0. The van der Waals surface area contributed by atoms with E-state index in [2.05, 4.69) is 10.7 Å². The van der Waals surface area contributed by atoms with Crippen molar-refractivity contribution in [3.8, 4) is 0 Å². The fourth-order valence-electron chi connectivity index (χ4n) is 0.0364. The Hall–Kier alpha value is -0.150. The first-order valence-electron chi connectivity index (χ1n) is 1.72. The fraction of sp³-hybridized carbons (Fsp3) is 1.00. The minimum absolute atomic E-state index is 0.454. The van der Waals surface area contributed by atoms with Gasteiger partial charge in [-0.1, -0.05) is 0 Å². The van der Waals surface area contributed by atoms with Gasteiger partial charge in [-0.15, -0.1) is 0 Å². The van der Waals surface area contributed by atoms with Crippen LogP contribution in [-0.2, 0) is 4.84 Å². The largest absolute Gasteiger partial charge is 0.299 e. The van der Waals surface area contributed by atoms with Crippen LogP contribution in [-0.4, -0.2) is 12.8 Å². The summed E-state index contributed by atoms with van der Waals surface area (Å²) in [6.45, 7) is 1.04. The zero-order valence-electron chi connectivity index (χ0n) is 3.65. The van der Waals surface area contributed by atoms with Crippen LogP contribution in [0.15, 0.2) is 0 Å². The van der Waals surface area contributed by atoms with Crippen LogP contribution in [0, 0.1) is 0 Å². The Bertz CT molecular complexity index is 30.0. The van der Waals surface area contributed by atoms with E-state index in [0.29, 0.717) is 0 Å². The molecule has 0 saturated heterocycles. The zero-order valence-corrected chi connectivity index (χ0v) is 3.65. The first kappa shape index (κ1) is 5.85. The molecule has 1 unspecified atom stereocenters. The fourth-order valence-corrected chi connectivity index (χ4v) is 0.0364. The van der Waals surface area contributed by atoms with Crippen molar-refractivity contribution in [2.24, 2.45) is 5.90 Å². The molecule has 0 saturated carbocycles. The summed E-state index contributed by atoms with van der Waals surface area (Å²) in [7, 11) is 0. The maximum atomic E-state index is 11.2. The molecule has 0 bridgehead atoms. The van der Waals surface area contributed by atoms with Crippen LogP contribution in [0.25, 0.3) is 0 Å². The summed E-state index contributed by atoms with van der Waals surface area (Å²) in [4.78, 5) is 4.02. The van der Waals surface area contributed by atoms with Crippen LogP contribution in [0.4, 0.5) is 4.39 Å². The second kappa shape index (κ2) is 3.06. The van der Waals surface area contributed by atoms with Crippen molar-refractivity contribution in [3.05, 3.63) is 0 Å². The molecular weight excluding hydrogens is 85.0 g/mol. The zero-order chi connectivity index (χ0) is 4.99. The molecule has 0 spiro atoms. The van der Waals surface area contributed by atoms with Gasteiger partial charge in [0, 0.05) is 0 Å². The van der Waals surface area contributed by atoms with Crippen molar-refractivity contribution in [2.45, 2.75) is 13.0 Å². The number of hydrogen-bond acceptors (Lipinski definition) is 2. The summed E-state index contributed by atoms with van der Waals surface area (Å²) in [5.74, 6) is 4.54. The molecule has 0 aromatic carbocycles. The van der Waals surface area contributed by atoms with Crippen LogP contribution in [0.2, 0.25) is 0 Å². The van der Waals surface area contributed by atoms with Crippen molar-refractivity contribution >= 4 is 0 Å². The number of hydrogen-bond donors (Lipinski definition) is 1. The Balaban J connectivity index is 2.75. The highest BCUT2D eigenvalue weighted by Crippen LogP contribution is 1.82. The molecule has 0 rings (SSSR count). The van der Waals surface area contributed by atoms with Gasteiger partial charge in [0.05, 0.1) is 0 Å². The van der Waals surface area contributed by atoms with E-state index in [1.165, 1.54) is 0 Å². The second-order valence-corrected chi connectivity index (χ2v) is 1.10. The Labute approximate surface area is 36.0 Å². The molecule has 0 aromatic rings. The van der Waals surface area contributed by atoms with Crippen LogP contribution < -0.4 is 5.90 Å². The number of alkyl halides is 1. The lowest BCUT2D eigenvalue weighted by atomic mass is 10.5. The predicted molar refractivity (Wildman–Crippen MR) is 20.7 cm³/mol. The maximum Gasteiger partial charge on any atom is 0.117 e. The van der Waals surface area contributed by atoms with Crippen LogP contribution >= 0.6 is 0 Å². The summed E-state index contributed by atoms with van der Waals surface area (Å²) in [6.07, 6.45) is -0.454. The third kappa shape index (κ3) is 2.11. The van der Waals surface area contributed by atoms with Gasteiger partial charge in [-0.25, -0.2) is 10.3 Å². The molecule has 1 atom stereocenters. The van der Waals surface area contributed by atoms with Gasteiger partial charge in [0.1, 0.15) is 12.8 Å². The van der Waals surface area contributed by atoms with E-state index in [1.54, 1.807) is 6.92 Å². The topological polar surface area (TPSA) is 35.2 Å². The van der Waals surface area contributed by atoms with E-state index in [4.69, 9.17) is 0 Å². The molecule has 6 heavy (non-hydrogen) atoms. The highest BCUT2D eigenvalue weighted by Gasteiger charge is 1.93. The van der Waals surface area contributed by atoms with Gasteiger partial charge >= 0.3 is 0 Å². The van der Waals surface area contributed by atoms with Crippen LogP contribution in [0.5, 0.6) is 0 Å². The summed E-state index contributed by atoms with van der Waals surface area (Å²) >= 11 is 0. The normalized spacial score (nSPS) is 14.5. The molecule has 0 aliphatic carbocycles. The lowest BCUT2D eigenvalue weighted by Crippen LogP contribution is -2.14. The Morgan fingerprint density at radius 3 is 2.50 bits per heavy atom. The van der Waals surface area contributed by atoms with E-state index in [9.17, 15) is 4.39 Å². The average Bonchev–Trinajstić information content (AvgIpc) is 1.65. The van der Waals surface area contributed by atoms with Crippen molar-refractivity contribution in [1.82, 2.24) is 0 Å². The van der Waals surface area contributed by atoms with E-state index in [0.717, 1.165) is 0 Å². The average molecular weight is 93.1 g/mol. The highest BCUT2D eigenvalue weighted by atomic mass is 19.1. The summed E-state index contributed by atoms with van der Waals surface area (Å²) < 4.78 is 11.2. The van der Waals surface area contributed by atoms with E-state index in [1.807, 2.05) is 0 Å². The predicted octanol–water partition coefficient (Wildman–Crippen LogP) is 0.235. The standard InChI is InChI=1S/C3H8FNO/c1-3(2-4)6-5/h3H,2,5H2,1H3. The van der Waals surface area contributed by atoms with E-state index in [-0.39, 0.29) is 0 Å². The molecule has 0 aliphatic rings. The first-order chi connectivity index (χ1) is 2.81. The molecule has 0 aliphatic heterocycles. The third-order valence-corrected chi connectivity index (χ3v) is 0.450. The lowest BCUT2D eigenvalue weighted by Gasteiger charge is -1.97. The van der Waals surface area contributed by atoms with Crippen LogP contribution in [0.3, 0.4) is 0 Å². The first-order valence-corrected chi connectivity index (χ1v) is 1.72. The molecule has 0 amide bonds. The molecule has 0 fully saturated rings. The minimum Gasteiger partial charge on any atom is -0.299 e. The van der Waals surface area contributed by atoms with Gasteiger partial charge in [-0.05, 0) is 6.92 Å². The Morgan fingerprint density at radius 2 is 2.50 bits per heavy atom. The van der Waals surface area contributed by atoms with E-state index >= 15 is 0 Å². The molecule has 0 aromatic heterocycles. The van der Waals surface area contributed by atoms with Gasteiger partial charge in [-0.2, -0.15) is 0 Å². The number of nitrogens with two attached hydrogens (primary N) is 1.